The van der Waals surface area contributed by atoms with Gasteiger partial charge in [-0.15, -0.1) is 0 Å². The molecule has 5 nitrogen and oxygen atoms in total. The van der Waals surface area contributed by atoms with Gasteiger partial charge in [0, 0.05) is 44.6 Å². The van der Waals surface area contributed by atoms with Crippen molar-refractivity contribution in [1.82, 2.24) is 14.7 Å². The number of nitrogens with zero attached hydrogens (tertiary/aromatic N) is 3. The highest BCUT2D eigenvalue weighted by Gasteiger charge is 2.24. The van der Waals surface area contributed by atoms with Crippen LogP contribution in [0.1, 0.15) is 12.0 Å². The van der Waals surface area contributed by atoms with E-state index in [1.807, 2.05) is 54.2 Å². The molecule has 0 N–H and O–H groups in total. The standard InChI is InChI=1S/C23H27N3O2/c1-25-15-20(16-26-13-12-18(14-26)17-27-2)23(24-25)19-8-10-22(11-9-19)28-21-6-4-3-5-7-21/h3-11,15,18H,12-14,16-17H2,1-2H3. The van der Waals surface area contributed by atoms with Crippen LogP contribution >= 0.6 is 0 Å². The third-order valence-electron chi connectivity index (χ3n) is 5.18. The van der Waals surface area contributed by atoms with Crippen LogP contribution in [0.15, 0.2) is 60.8 Å². The average Bonchev–Trinajstić information content (AvgIpc) is 3.30. The van der Waals surface area contributed by atoms with Gasteiger partial charge in [0.2, 0.25) is 0 Å². The van der Waals surface area contributed by atoms with Gasteiger partial charge in [0.15, 0.2) is 0 Å². The fourth-order valence-corrected chi connectivity index (χ4v) is 3.87. The number of para-hydroxylation sites is 1. The molecule has 0 bridgehead atoms. The molecule has 146 valence electrons. The zero-order valence-electron chi connectivity index (χ0n) is 16.5. The number of methoxy groups -OCH3 is 1. The zero-order valence-corrected chi connectivity index (χ0v) is 16.5. The maximum absolute atomic E-state index is 5.90. The highest BCUT2D eigenvalue weighted by Crippen LogP contribution is 2.28. The molecule has 4 rings (SSSR count). The molecule has 1 atom stereocenters. The van der Waals surface area contributed by atoms with Crippen molar-refractivity contribution in [3.05, 3.63) is 66.4 Å². The van der Waals surface area contributed by atoms with Crippen molar-refractivity contribution in [3.8, 4) is 22.8 Å². The first-order chi connectivity index (χ1) is 13.7. The first kappa shape index (κ1) is 18.7. The van der Waals surface area contributed by atoms with Crippen molar-refractivity contribution in [2.45, 2.75) is 13.0 Å². The van der Waals surface area contributed by atoms with E-state index in [0.717, 1.165) is 49.0 Å². The maximum Gasteiger partial charge on any atom is 0.127 e. The van der Waals surface area contributed by atoms with Gasteiger partial charge in [0.05, 0.1) is 12.3 Å². The Morgan fingerprint density at radius 2 is 1.79 bits per heavy atom. The van der Waals surface area contributed by atoms with E-state index in [1.165, 1.54) is 12.0 Å². The van der Waals surface area contributed by atoms with Crippen LogP contribution in [-0.4, -0.2) is 41.5 Å². The number of rotatable bonds is 7. The maximum atomic E-state index is 5.90. The molecule has 1 aliphatic rings. The van der Waals surface area contributed by atoms with Gasteiger partial charge in [-0.1, -0.05) is 18.2 Å². The fraction of sp³-hybridized carbons (Fsp3) is 0.348. The Kier molecular flexibility index (Phi) is 5.74. The molecule has 1 aromatic heterocycles. The van der Waals surface area contributed by atoms with Gasteiger partial charge in [-0.05, 0) is 55.3 Å². The van der Waals surface area contributed by atoms with E-state index in [9.17, 15) is 0 Å². The molecular formula is C23H27N3O2. The summed E-state index contributed by atoms with van der Waals surface area (Å²) in [7, 11) is 3.77. The molecule has 2 aromatic carbocycles. The molecule has 0 aliphatic carbocycles. The fourth-order valence-electron chi connectivity index (χ4n) is 3.87. The Morgan fingerprint density at radius 1 is 1.04 bits per heavy atom. The van der Waals surface area contributed by atoms with Crippen molar-refractivity contribution in [3.63, 3.8) is 0 Å². The third kappa shape index (κ3) is 4.43. The first-order valence-corrected chi connectivity index (χ1v) is 9.78. The van der Waals surface area contributed by atoms with Gasteiger partial charge in [-0.3, -0.25) is 9.58 Å². The molecule has 0 radical (unpaired) electrons. The Labute approximate surface area is 166 Å². The Balaban J connectivity index is 1.47. The third-order valence-corrected chi connectivity index (χ3v) is 5.18. The molecule has 0 amide bonds. The van der Waals surface area contributed by atoms with E-state index in [4.69, 9.17) is 14.6 Å². The number of benzene rings is 2. The number of likely N-dealkylation sites (tertiary alicyclic amines) is 1. The van der Waals surface area contributed by atoms with Crippen molar-refractivity contribution in [2.24, 2.45) is 13.0 Å². The van der Waals surface area contributed by atoms with Gasteiger partial charge < -0.3 is 9.47 Å². The normalized spacial score (nSPS) is 17.1. The quantitative estimate of drug-likeness (QED) is 0.614. The molecule has 2 heterocycles. The second-order valence-corrected chi connectivity index (χ2v) is 7.46. The van der Waals surface area contributed by atoms with E-state index in [2.05, 4.69) is 23.2 Å². The zero-order chi connectivity index (χ0) is 19.3. The number of ether oxygens (including phenoxy) is 2. The van der Waals surface area contributed by atoms with Crippen molar-refractivity contribution >= 4 is 0 Å². The molecule has 3 aromatic rings. The van der Waals surface area contributed by atoms with E-state index in [-0.39, 0.29) is 0 Å². The summed E-state index contributed by atoms with van der Waals surface area (Å²) in [6.07, 6.45) is 3.34. The molecule has 1 unspecified atom stereocenters. The van der Waals surface area contributed by atoms with Crippen molar-refractivity contribution in [1.29, 1.82) is 0 Å². The summed E-state index contributed by atoms with van der Waals surface area (Å²) in [4.78, 5) is 2.50. The van der Waals surface area contributed by atoms with E-state index in [0.29, 0.717) is 5.92 Å². The molecule has 28 heavy (non-hydrogen) atoms. The number of aryl methyl sites for hydroxylation is 1. The van der Waals surface area contributed by atoms with Crippen LogP contribution in [0, 0.1) is 5.92 Å². The Morgan fingerprint density at radius 3 is 2.54 bits per heavy atom. The van der Waals surface area contributed by atoms with Crippen LogP contribution in [0.25, 0.3) is 11.3 Å². The van der Waals surface area contributed by atoms with Crippen LogP contribution in [0.5, 0.6) is 11.5 Å². The predicted octanol–water partition coefficient (Wildman–Crippen LogP) is 4.35. The Bertz CT molecular complexity index is 890. The van der Waals surface area contributed by atoms with Gasteiger partial charge in [-0.25, -0.2) is 0 Å². The topological polar surface area (TPSA) is 39.5 Å². The lowest BCUT2D eigenvalue weighted by Gasteiger charge is -2.16. The van der Waals surface area contributed by atoms with Crippen molar-refractivity contribution in [2.75, 3.05) is 26.8 Å². The lowest BCUT2D eigenvalue weighted by Crippen LogP contribution is -2.21. The summed E-state index contributed by atoms with van der Waals surface area (Å²) < 4.78 is 13.1. The Hall–Kier alpha value is -2.63. The lowest BCUT2D eigenvalue weighted by atomic mass is 10.1. The minimum Gasteiger partial charge on any atom is -0.457 e. The van der Waals surface area contributed by atoms with Crippen LogP contribution in [0.4, 0.5) is 0 Å². The van der Waals surface area contributed by atoms with E-state index >= 15 is 0 Å². The average molecular weight is 377 g/mol. The largest absolute Gasteiger partial charge is 0.457 e. The van der Waals surface area contributed by atoms with Crippen LogP contribution in [0.3, 0.4) is 0 Å². The lowest BCUT2D eigenvalue weighted by molar-refractivity contribution is 0.152. The first-order valence-electron chi connectivity index (χ1n) is 9.78. The minimum atomic E-state index is 0.638. The summed E-state index contributed by atoms with van der Waals surface area (Å²) >= 11 is 0. The molecule has 1 aliphatic heterocycles. The smallest absolute Gasteiger partial charge is 0.127 e. The van der Waals surface area contributed by atoms with Crippen LogP contribution in [-0.2, 0) is 18.3 Å². The molecule has 0 spiro atoms. The summed E-state index contributed by atoms with van der Waals surface area (Å²) in [5.74, 6) is 2.31. The van der Waals surface area contributed by atoms with Crippen molar-refractivity contribution < 1.29 is 9.47 Å². The van der Waals surface area contributed by atoms with Gasteiger partial charge in [0.25, 0.3) is 0 Å². The molecule has 1 fully saturated rings. The monoisotopic (exact) mass is 377 g/mol. The predicted molar refractivity (Wildman–Crippen MR) is 110 cm³/mol. The highest BCUT2D eigenvalue weighted by molar-refractivity contribution is 5.63. The van der Waals surface area contributed by atoms with Gasteiger partial charge in [0.1, 0.15) is 11.5 Å². The summed E-state index contributed by atoms with van der Waals surface area (Å²) in [6.45, 7) is 3.98. The number of aromatic nitrogens is 2. The SMILES string of the molecule is COCC1CCN(Cc2cn(C)nc2-c2ccc(Oc3ccccc3)cc2)C1. The second-order valence-electron chi connectivity index (χ2n) is 7.46. The molecule has 1 saturated heterocycles. The second kappa shape index (κ2) is 8.59. The summed E-state index contributed by atoms with van der Waals surface area (Å²) in [5, 5.41) is 4.72. The van der Waals surface area contributed by atoms with Crippen LogP contribution < -0.4 is 4.74 Å². The summed E-state index contributed by atoms with van der Waals surface area (Å²) in [5.41, 5.74) is 3.42. The minimum absolute atomic E-state index is 0.638. The van der Waals surface area contributed by atoms with Crippen LogP contribution in [0.2, 0.25) is 0 Å². The molecule has 0 saturated carbocycles. The van der Waals surface area contributed by atoms with Gasteiger partial charge >= 0.3 is 0 Å². The highest BCUT2D eigenvalue weighted by atomic mass is 16.5. The summed E-state index contributed by atoms with van der Waals surface area (Å²) in [6, 6.07) is 18.0. The van der Waals surface area contributed by atoms with Gasteiger partial charge in [-0.2, -0.15) is 5.10 Å². The number of hydrogen-bond acceptors (Lipinski definition) is 4. The van der Waals surface area contributed by atoms with E-state index < -0.39 is 0 Å². The molecule has 5 heteroatoms. The molecular weight excluding hydrogens is 350 g/mol. The van der Waals surface area contributed by atoms with E-state index in [1.54, 1.807) is 7.11 Å². The number of hydrogen-bond donors (Lipinski definition) is 0.